The Morgan fingerprint density at radius 1 is 1.00 bits per heavy atom. The average Bonchev–Trinajstić information content (AvgIpc) is 2.60. The highest BCUT2D eigenvalue weighted by Gasteiger charge is 2.20. The van der Waals surface area contributed by atoms with Crippen molar-refractivity contribution in [3.63, 3.8) is 0 Å². The van der Waals surface area contributed by atoms with Gasteiger partial charge in [-0.25, -0.2) is 4.79 Å². The minimum absolute atomic E-state index is 0.262. The van der Waals surface area contributed by atoms with E-state index in [9.17, 15) is 4.79 Å². The van der Waals surface area contributed by atoms with Gasteiger partial charge in [0.25, 0.3) is 0 Å². The largest absolute Gasteiger partial charge is 0.465 e. The fourth-order valence-electron chi connectivity index (χ4n) is 2.68. The normalized spacial score (nSPS) is 10.7. The van der Waals surface area contributed by atoms with Crippen LogP contribution in [0.1, 0.15) is 32.6 Å². The van der Waals surface area contributed by atoms with Gasteiger partial charge >= 0.3 is 5.97 Å². The van der Waals surface area contributed by atoms with Gasteiger partial charge in [-0.3, -0.25) is 0 Å². The quantitative estimate of drug-likeness (QED) is 0.711. The Morgan fingerprint density at radius 3 is 2.22 bits per heavy atom. The Labute approximate surface area is 108 Å². The van der Waals surface area contributed by atoms with E-state index in [4.69, 9.17) is 4.74 Å². The van der Waals surface area contributed by atoms with Crippen molar-refractivity contribution in [3.05, 3.63) is 46.0 Å². The van der Waals surface area contributed by atoms with Gasteiger partial charge in [-0.2, -0.15) is 0 Å². The van der Waals surface area contributed by atoms with Crippen molar-refractivity contribution in [1.29, 1.82) is 0 Å². The molecule has 0 aliphatic heterocycles. The highest BCUT2D eigenvalue weighted by Crippen LogP contribution is 2.36. The van der Waals surface area contributed by atoms with Crippen LogP contribution >= 0.6 is 0 Å². The molecule has 2 nitrogen and oxygen atoms in total. The minimum Gasteiger partial charge on any atom is -0.465 e. The maximum absolute atomic E-state index is 11.7. The summed E-state index contributed by atoms with van der Waals surface area (Å²) in [5.41, 5.74) is 7.60. The summed E-state index contributed by atoms with van der Waals surface area (Å²) in [7, 11) is 1.42. The zero-order valence-electron chi connectivity index (χ0n) is 11.5. The smallest absolute Gasteiger partial charge is 0.338 e. The number of carbonyl (C=O) groups is 1. The Morgan fingerprint density at radius 2 is 1.61 bits per heavy atom. The lowest BCUT2D eigenvalue weighted by molar-refractivity contribution is 0.0600. The third kappa shape index (κ3) is 1.88. The lowest BCUT2D eigenvalue weighted by Gasteiger charge is -2.02. The van der Waals surface area contributed by atoms with E-state index in [1.54, 1.807) is 0 Å². The number of fused-ring (bicyclic) bond motifs is 1. The summed E-state index contributed by atoms with van der Waals surface area (Å²) in [6, 6.07) is 6.25. The lowest BCUT2D eigenvalue weighted by atomic mass is 10.0. The van der Waals surface area contributed by atoms with Crippen LogP contribution in [-0.2, 0) is 4.74 Å². The number of esters is 1. The first-order valence-electron chi connectivity index (χ1n) is 6.05. The van der Waals surface area contributed by atoms with Crippen molar-refractivity contribution in [2.45, 2.75) is 27.7 Å². The topological polar surface area (TPSA) is 26.3 Å². The predicted octanol–water partition coefficient (Wildman–Crippen LogP) is 3.81. The molecule has 0 radical (unpaired) electrons. The molecule has 0 fully saturated rings. The lowest BCUT2D eigenvalue weighted by Crippen LogP contribution is -2.00. The Bertz CT molecular complexity index is 597. The molecular formula is C16H18O2. The van der Waals surface area contributed by atoms with Crippen LogP contribution in [0.3, 0.4) is 0 Å². The number of carbonyl (C=O) groups excluding carboxylic acids is 1. The fourth-order valence-corrected chi connectivity index (χ4v) is 2.68. The van der Waals surface area contributed by atoms with Crippen LogP contribution in [0.25, 0.3) is 11.1 Å². The first kappa shape index (κ1) is 12.6. The van der Waals surface area contributed by atoms with Gasteiger partial charge in [0.2, 0.25) is 0 Å². The second-order valence-electron chi connectivity index (χ2n) is 4.86. The molecule has 2 heteroatoms. The molecule has 94 valence electrons. The fraction of sp³-hybridized carbons (Fsp3) is 0.312. The molecule has 0 saturated heterocycles. The predicted molar refractivity (Wildman–Crippen MR) is 73.4 cm³/mol. The van der Waals surface area contributed by atoms with Crippen molar-refractivity contribution in [2.24, 2.45) is 0 Å². The Balaban J connectivity index is 2.84. The van der Waals surface area contributed by atoms with Crippen molar-refractivity contribution < 1.29 is 9.53 Å². The van der Waals surface area contributed by atoms with E-state index < -0.39 is 0 Å². The molecule has 2 aliphatic carbocycles. The van der Waals surface area contributed by atoms with Gasteiger partial charge in [-0.15, -0.1) is 0 Å². The maximum atomic E-state index is 11.7. The molecule has 0 unspecified atom stereocenters. The number of hydrogen-bond donors (Lipinski definition) is 0. The van der Waals surface area contributed by atoms with Crippen LogP contribution in [0.15, 0.2) is 18.2 Å². The second kappa shape index (κ2) is 4.45. The first-order chi connectivity index (χ1) is 8.45. The van der Waals surface area contributed by atoms with E-state index in [1.807, 2.05) is 13.0 Å². The first-order valence-corrected chi connectivity index (χ1v) is 6.05. The minimum atomic E-state index is -0.262. The summed E-state index contributed by atoms with van der Waals surface area (Å²) in [6.45, 7) is 8.24. The third-order valence-corrected chi connectivity index (χ3v) is 3.45. The van der Waals surface area contributed by atoms with Crippen LogP contribution in [-0.4, -0.2) is 13.1 Å². The van der Waals surface area contributed by atoms with Crippen LogP contribution in [0.2, 0.25) is 0 Å². The van der Waals surface area contributed by atoms with Crippen molar-refractivity contribution in [3.8, 4) is 11.1 Å². The molecule has 2 rings (SSSR count). The van der Waals surface area contributed by atoms with Crippen molar-refractivity contribution >= 4 is 5.97 Å². The van der Waals surface area contributed by atoms with Gasteiger partial charge in [0, 0.05) is 0 Å². The summed E-state index contributed by atoms with van der Waals surface area (Å²) in [4.78, 5) is 11.7. The standard InChI is InChI=1S/C16H18O2/c1-9-6-10(2)13-8-14(16(17)18-5)12(4)15(13)11(3)7-9/h6-8H,1-5H3. The highest BCUT2D eigenvalue weighted by atomic mass is 16.5. The number of methoxy groups -OCH3 is 1. The molecule has 0 aromatic heterocycles. The van der Waals surface area contributed by atoms with E-state index in [2.05, 4.69) is 32.9 Å². The van der Waals surface area contributed by atoms with E-state index in [0.717, 1.165) is 11.1 Å². The van der Waals surface area contributed by atoms with Gasteiger partial charge in [-0.1, -0.05) is 17.7 Å². The van der Waals surface area contributed by atoms with Crippen LogP contribution in [0.5, 0.6) is 0 Å². The molecule has 0 atom stereocenters. The number of hydrogen-bond acceptors (Lipinski definition) is 2. The van der Waals surface area contributed by atoms with E-state index >= 15 is 0 Å². The molecular weight excluding hydrogens is 224 g/mol. The monoisotopic (exact) mass is 242 g/mol. The summed E-state index contributed by atoms with van der Waals surface area (Å²) < 4.78 is 4.83. The third-order valence-electron chi connectivity index (χ3n) is 3.45. The Kier molecular flexibility index (Phi) is 3.12. The number of rotatable bonds is 1. The van der Waals surface area contributed by atoms with Crippen LogP contribution < -0.4 is 0 Å². The SMILES string of the molecule is COC(=O)c1cc2c(C)cc(C)cc(C)c-2c1C. The molecule has 0 bridgehead atoms. The Hall–Kier alpha value is -1.83. The zero-order valence-corrected chi connectivity index (χ0v) is 11.5. The molecule has 0 aromatic rings. The van der Waals surface area contributed by atoms with E-state index in [-0.39, 0.29) is 5.97 Å². The van der Waals surface area contributed by atoms with Gasteiger partial charge < -0.3 is 4.74 Å². The van der Waals surface area contributed by atoms with Gasteiger partial charge in [-0.05, 0) is 61.6 Å². The molecule has 2 aliphatic rings. The summed E-state index contributed by atoms with van der Waals surface area (Å²) >= 11 is 0. The van der Waals surface area contributed by atoms with E-state index in [0.29, 0.717) is 5.56 Å². The van der Waals surface area contributed by atoms with E-state index in [1.165, 1.54) is 29.4 Å². The number of aryl methyl sites for hydroxylation is 3. The zero-order chi connectivity index (χ0) is 13.4. The highest BCUT2D eigenvalue weighted by molar-refractivity contribution is 5.97. The second-order valence-corrected chi connectivity index (χ2v) is 4.86. The van der Waals surface area contributed by atoms with Crippen LogP contribution in [0.4, 0.5) is 0 Å². The summed E-state index contributed by atoms with van der Waals surface area (Å²) in [5.74, 6) is -0.262. The molecule has 0 aromatic carbocycles. The van der Waals surface area contributed by atoms with Gasteiger partial charge in [0.05, 0.1) is 12.7 Å². The molecule has 0 spiro atoms. The average molecular weight is 242 g/mol. The van der Waals surface area contributed by atoms with Gasteiger partial charge in [0.15, 0.2) is 0 Å². The van der Waals surface area contributed by atoms with Crippen LogP contribution in [0, 0.1) is 27.7 Å². The van der Waals surface area contributed by atoms with Crippen molar-refractivity contribution in [1.82, 2.24) is 0 Å². The molecule has 0 heterocycles. The summed E-state index contributed by atoms with van der Waals surface area (Å²) in [5, 5.41) is 0. The maximum Gasteiger partial charge on any atom is 0.338 e. The molecule has 0 amide bonds. The van der Waals surface area contributed by atoms with Crippen molar-refractivity contribution in [2.75, 3.05) is 7.11 Å². The number of ether oxygens (including phenoxy) is 1. The van der Waals surface area contributed by atoms with Gasteiger partial charge in [0.1, 0.15) is 0 Å². The molecule has 18 heavy (non-hydrogen) atoms. The summed E-state index contributed by atoms with van der Waals surface area (Å²) in [6.07, 6.45) is 0. The molecule has 0 saturated carbocycles. The molecule has 0 N–H and O–H groups in total.